The summed E-state index contributed by atoms with van der Waals surface area (Å²) < 4.78 is 6.77. The van der Waals surface area contributed by atoms with Crippen molar-refractivity contribution >= 4 is 31.9 Å². The fourth-order valence-electron chi connectivity index (χ4n) is 2.67. The van der Waals surface area contributed by atoms with Crippen LogP contribution in [-0.4, -0.2) is 7.11 Å². The Morgan fingerprint density at radius 1 is 1.14 bits per heavy atom. The summed E-state index contributed by atoms with van der Waals surface area (Å²) in [6.07, 6.45) is 0.939. The molecule has 0 aliphatic carbocycles. The molecule has 1 nitrogen and oxygen atoms in total. The second-order valence-corrected chi connectivity index (χ2v) is 7.37. The molecule has 0 N–H and O–H groups in total. The lowest BCUT2D eigenvalue weighted by Gasteiger charge is -2.20. The predicted molar refractivity (Wildman–Crippen MR) is 96.7 cm³/mol. The van der Waals surface area contributed by atoms with Crippen molar-refractivity contribution < 1.29 is 4.74 Å². The molecule has 0 heterocycles. The third-order valence-corrected chi connectivity index (χ3v) is 5.33. The van der Waals surface area contributed by atoms with Gasteiger partial charge in [0, 0.05) is 14.9 Å². The van der Waals surface area contributed by atoms with Crippen molar-refractivity contribution in [2.24, 2.45) is 0 Å². The second-order valence-electron chi connectivity index (χ2n) is 5.41. The van der Waals surface area contributed by atoms with Crippen LogP contribution in [0.4, 0.5) is 0 Å². The highest BCUT2D eigenvalue weighted by molar-refractivity contribution is 9.10. The van der Waals surface area contributed by atoms with Crippen LogP contribution in [0.1, 0.15) is 32.6 Å². The van der Waals surface area contributed by atoms with Gasteiger partial charge in [0.15, 0.2) is 0 Å². The van der Waals surface area contributed by atoms with E-state index in [9.17, 15) is 0 Å². The van der Waals surface area contributed by atoms with Gasteiger partial charge in [-0.3, -0.25) is 0 Å². The van der Waals surface area contributed by atoms with Crippen LogP contribution < -0.4 is 4.74 Å². The Hall–Kier alpha value is -0.800. The Balaban J connectivity index is 2.41. The average Bonchev–Trinajstić information content (AvgIpc) is 2.42. The number of ether oxygens (including phenoxy) is 1. The number of halogens is 2. The summed E-state index contributed by atoms with van der Waals surface area (Å²) in [5, 5.41) is 0. The summed E-state index contributed by atoms with van der Waals surface area (Å²) in [4.78, 5) is 0.227. The molecule has 1 atom stereocenters. The quantitative estimate of drug-likeness (QED) is 0.555. The highest BCUT2D eigenvalue weighted by Gasteiger charge is 2.20. The lowest BCUT2D eigenvalue weighted by Crippen LogP contribution is -2.04. The molecule has 2 aromatic rings. The van der Waals surface area contributed by atoms with Crippen molar-refractivity contribution in [3.8, 4) is 5.75 Å². The zero-order valence-corrected chi connectivity index (χ0v) is 16.0. The van der Waals surface area contributed by atoms with Gasteiger partial charge in [-0.15, -0.1) is 0 Å². The fourth-order valence-corrected chi connectivity index (χ4v) is 4.15. The normalized spacial score (nSPS) is 12.3. The molecule has 112 valence electrons. The summed E-state index contributed by atoms with van der Waals surface area (Å²) >= 11 is 7.51. The number of rotatable bonds is 4. The zero-order chi connectivity index (χ0) is 15.6. The van der Waals surface area contributed by atoms with Crippen molar-refractivity contribution in [1.29, 1.82) is 0 Å². The largest absolute Gasteiger partial charge is 0.496 e. The molecule has 0 aliphatic heterocycles. The lowest BCUT2D eigenvalue weighted by molar-refractivity contribution is 0.405. The molecule has 0 bridgehead atoms. The van der Waals surface area contributed by atoms with Gasteiger partial charge in [0.05, 0.1) is 7.11 Å². The van der Waals surface area contributed by atoms with E-state index >= 15 is 0 Å². The van der Waals surface area contributed by atoms with Crippen LogP contribution in [0, 0.1) is 20.8 Å². The standard InChI is InChI=1S/C18H20Br2O/c1-11-6-5-7-14(8-11)10-16(20)17-13(3)15(19)9-12(2)18(17)21-4/h5-9,16H,10H2,1-4H3. The zero-order valence-electron chi connectivity index (χ0n) is 12.8. The van der Waals surface area contributed by atoms with Gasteiger partial charge in [-0.2, -0.15) is 0 Å². The summed E-state index contributed by atoms with van der Waals surface area (Å²) in [5.41, 5.74) is 6.23. The van der Waals surface area contributed by atoms with Gasteiger partial charge in [-0.1, -0.05) is 61.7 Å². The minimum absolute atomic E-state index is 0.227. The fraction of sp³-hybridized carbons (Fsp3) is 0.333. The van der Waals surface area contributed by atoms with Gasteiger partial charge in [0.1, 0.15) is 5.75 Å². The Labute approximate surface area is 144 Å². The number of hydrogen-bond acceptors (Lipinski definition) is 1. The van der Waals surface area contributed by atoms with Crippen LogP contribution in [0.2, 0.25) is 0 Å². The molecular weight excluding hydrogens is 392 g/mol. The molecular formula is C18H20Br2O. The number of benzene rings is 2. The first-order valence-electron chi connectivity index (χ1n) is 6.97. The van der Waals surface area contributed by atoms with Gasteiger partial charge in [0.25, 0.3) is 0 Å². The van der Waals surface area contributed by atoms with Crippen LogP contribution in [0.15, 0.2) is 34.8 Å². The maximum Gasteiger partial charge on any atom is 0.126 e. The van der Waals surface area contributed by atoms with Gasteiger partial charge in [-0.05, 0) is 49.9 Å². The third kappa shape index (κ3) is 3.70. The molecule has 2 aromatic carbocycles. The SMILES string of the molecule is COc1c(C)cc(Br)c(C)c1C(Br)Cc1cccc(C)c1. The molecule has 0 aliphatic rings. The molecule has 0 spiro atoms. The van der Waals surface area contributed by atoms with Crippen LogP contribution in [-0.2, 0) is 6.42 Å². The minimum Gasteiger partial charge on any atom is -0.496 e. The van der Waals surface area contributed by atoms with Gasteiger partial charge in [0.2, 0.25) is 0 Å². The molecule has 0 fully saturated rings. The van der Waals surface area contributed by atoms with E-state index in [0.717, 1.165) is 22.2 Å². The highest BCUT2D eigenvalue weighted by atomic mass is 79.9. The van der Waals surface area contributed by atoms with E-state index in [1.165, 1.54) is 22.3 Å². The third-order valence-electron chi connectivity index (χ3n) is 3.72. The molecule has 0 aromatic heterocycles. The maximum absolute atomic E-state index is 5.64. The Morgan fingerprint density at radius 2 is 1.86 bits per heavy atom. The summed E-state index contributed by atoms with van der Waals surface area (Å²) in [6, 6.07) is 10.8. The first-order valence-corrected chi connectivity index (χ1v) is 8.68. The number of methoxy groups -OCH3 is 1. The number of hydrogen-bond donors (Lipinski definition) is 0. The maximum atomic E-state index is 5.64. The lowest BCUT2D eigenvalue weighted by atomic mass is 9.96. The average molecular weight is 412 g/mol. The van der Waals surface area contributed by atoms with Crippen molar-refractivity contribution in [1.82, 2.24) is 0 Å². The van der Waals surface area contributed by atoms with E-state index in [1.807, 2.05) is 0 Å². The van der Waals surface area contributed by atoms with E-state index in [1.54, 1.807) is 7.11 Å². The molecule has 3 heteroatoms. The summed E-state index contributed by atoms with van der Waals surface area (Å²) in [6.45, 7) is 6.34. The molecule has 0 radical (unpaired) electrons. The first-order chi connectivity index (χ1) is 9.93. The molecule has 21 heavy (non-hydrogen) atoms. The Bertz CT molecular complexity index is 650. The molecule has 2 rings (SSSR count). The van der Waals surface area contributed by atoms with Crippen LogP contribution in [0.5, 0.6) is 5.75 Å². The van der Waals surface area contributed by atoms with Crippen LogP contribution in [0.25, 0.3) is 0 Å². The summed E-state index contributed by atoms with van der Waals surface area (Å²) in [5.74, 6) is 0.977. The highest BCUT2D eigenvalue weighted by Crippen LogP contribution is 2.41. The van der Waals surface area contributed by atoms with E-state index in [4.69, 9.17) is 4.74 Å². The van der Waals surface area contributed by atoms with Gasteiger partial charge >= 0.3 is 0 Å². The van der Waals surface area contributed by atoms with E-state index in [0.29, 0.717) is 0 Å². The molecule has 0 saturated heterocycles. The van der Waals surface area contributed by atoms with Gasteiger partial charge < -0.3 is 4.74 Å². The predicted octanol–water partition coefficient (Wildman–Crippen LogP) is 6.06. The topological polar surface area (TPSA) is 9.23 Å². The van der Waals surface area contributed by atoms with Crippen LogP contribution >= 0.6 is 31.9 Å². The van der Waals surface area contributed by atoms with E-state index in [-0.39, 0.29) is 4.83 Å². The van der Waals surface area contributed by atoms with E-state index < -0.39 is 0 Å². The van der Waals surface area contributed by atoms with Crippen molar-refractivity contribution in [2.45, 2.75) is 32.0 Å². The second kappa shape index (κ2) is 6.97. The minimum atomic E-state index is 0.227. The van der Waals surface area contributed by atoms with Gasteiger partial charge in [-0.25, -0.2) is 0 Å². The Morgan fingerprint density at radius 3 is 2.48 bits per heavy atom. The molecule has 1 unspecified atom stereocenters. The van der Waals surface area contributed by atoms with Crippen LogP contribution in [0.3, 0.4) is 0 Å². The van der Waals surface area contributed by atoms with Crippen molar-refractivity contribution in [2.75, 3.05) is 7.11 Å². The smallest absolute Gasteiger partial charge is 0.126 e. The number of alkyl halides is 1. The monoisotopic (exact) mass is 410 g/mol. The molecule has 0 saturated carbocycles. The summed E-state index contributed by atoms with van der Waals surface area (Å²) in [7, 11) is 1.74. The molecule has 0 amide bonds. The van der Waals surface area contributed by atoms with Crippen molar-refractivity contribution in [3.63, 3.8) is 0 Å². The first kappa shape index (κ1) is 16.6. The van der Waals surface area contributed by atoms with Crippen molar-refractivity contribution in [3.05, 3.63) is 62.6 Å². The Kier molecular flexibility index (Phi) is 5.50. The van der Waals surface area contributed by atoms with E-state index in [2.05, 4.69) is 83.0 Å². The number of aryl methyl sites for hydroxylation is 2.